The van der Waals surface area contributed by atoms with E-state index in [9.17, 15) is 4.79 Å². The van der Waals surface area contributed by atoms with Crippen LogP contribution in [0.25, 0.3) is 11.6 Å². The summed E-state index contributed by atoms with van der Waals surface area (Å²) in [6.07, 6.45) is 4.28. The molecule has 0 spiro atoms. The molecule has 2 aliphatic rings. The number of thioether (sulfide) groups is 1. The Morgan fingerprint density at radius 1 is 1.23 bits per heavy atom. The first-order valence-electron chi connectivity index (χ1n) is 10.3. The number of nitrogens with one attached hydrogen (secondary N) is 1. The quantitative estimate of drug-likeness (QED) is 0.537. The molecule has 0 atom stereocenters. The van der Waals surface area contributed by atoms with E-state index in [2.05, 4.69) is 68.0 Å². The zero-order valence-electron chi connectivity index (χ0n) is 18.4. The number of halogens is 1. The summed E-state index contributed by atoms with van der Waals surface area (Å²) >= 11 is 7.39. The second kappa shape index (κ2) is 8.21. The van der Waals surface area contributed by atoms with Crippen molar-refractivity contribution in [2.75, 3.05) is 11.4 Å². The number of carbonyl (C=O) groups is 1. The van der Waals surface area contributed by atoms with Crippen molar-refractivity contribution in [3.63, 3.8) is 0 Å². The van der Waals surface area contributed by atoms with Gasteiger partial charge in [-0.15, -0.1) is 0 Å². The maximum Gasteiger partial charge on any atom is 0.264 e. The predicted molar refractivity (Wildman–Crippen MR) is 134 cm³/mol. The maximum absolute atomic E-state index is 12.6. The van der Waals surface area contributed by atoms with Gasteiger partial charge in [-0.3, -0.25) is 4.79 Å². The van der Waals surface area contributed by atoms with Gasteiger partial charge in [0.2, 0.25) is 0 Å². The molecule has 0 aromatic heterocycles. The van der Waals surface area contributed by atoms with Gasteiger partial charge in [0, 0.05) is 22.8 Å². The number of fused-ring (bicyclic) bond motifs is 1. The number of carbonyl (C=O) groups excluding carboxylic acids is 1. The Kier molecular flexibility index (Phi) is 5.75. The van der Waals surface area contributed by atoms with E-state index in [1.165, 1.54) is 28.6 Å². The number of rotatable bonds is 3. The Morgan fingerprint density at radius 2 is 2.00 bits per heavy atom. The topological polar surface area (TPSA) is 44.7 Å². The van der Waals surface area contributed by atoms with Crippen molar-refractivity contribution >= 4 is 57.5 Å². The van der Waals surface area contributed by atoms with Crippen LogP contribution in [0.5, 0.6) is 0 Å². The molecule has 1 N–H and O–H groups in total. The van der Waals surface area contributed by atoms with Crippen LogP contribution in [0.4, 0.5) is 11.4 Å². The molecule has 1 amide bonds. The zero-order valence-corrected chi connectivity index (χ0v) is 20.0. The fourth-order valence-electron chi connectivity index (χ4n) is 4.26. The fourth-order valence-corrected chi connectivity index (χ4v) is 5.28. The first-order valence-corrected chi connectivity index (χ1v) is 11.5. The monoisotopic (exact) mass is 451 g/mol. The highest BCUT2D eigenvalue weighted by Gasteiger charge is 2.31. The molecule has 2 aliphatic heterocycles. The first kappa shape index (κ1) is 21.7. The molecule has 6 heteroatoms. The Labute approximate surface area is 193 Å². The van der Waals surface area contributed by atoms with Crippen LogP contribution in [0.2, 0.25) is 5.02 Å². The molecular formula is C25H26ClN3OS. The van der Waals surface area contributed by atoms with Gasteiger partial charge >= 0.3 is 0 Å². The minimum atomic E-state index is -0.133. The van der Waals surface area contributed by atoms with Gasteiger partial charge in [-0.25, -0.2) is 4.99 Å². The number of hydrogen-bond acceptors (Lipinski definition) is 4. The highest BCUT2D eigenvalue weighted by atomic mass is 35.5. The number of amides is 1. The second-order valence-corrected chi connectivity index (χ2v) is 9.88. The normalized spacial score (nSPS) is 20.1. The van der Waals surface area contributed by atoms with Crippen molar-refractivity contribution in [2.24, 2.45) is 4.99 Å². The Morgan fingerprint density at radius 3 is 2.71 bits per heavy atom. The van der Waals surface area contributed by atoms with Crippen molar-refractivity contribution < 1.29 is 4.79 Å². The molecule has 0 radical (unpaired) electrons. The van der Waals surface area contributed by atoms with E-state index in [1.54, 1.807) is 12.1 Å². The Balaban J connectivity index is 1.68. The van der Waals surface area contributed by atoms with E-state index in [0.29, 0.717) is 20.8 Å². The number of benzene rings is 2. The van der Waals surface area contributed by atoms with E-state index in [0.717, 1.165) is 17.7 Å². The second-order valence-electron chi connectivity index (χ2n) is 8.41. The summed E-state index contributed by atoms with van der Waals surface area (Å²) in [4.78, 5) is 20.1. The molecule has 2 aromatic carbocycles. The summed E-state index contributed by atoms with van der Waals surface area (Å²) in [5.41, 5.74) is 6.60. The zero-order chi connectivity index (χ0) is 22.3. The van der Waals surface area contributed by atoms with Gasteiger partial charge in [0.25, 0.3) is 5.91 Å². The number of amidine groups is 1. The lowest BCUT2D eigenvalue weighted by Crippen LogP contribution is -2.44. The molecule has 0 aliphatic carbocycles. The van der Waals surface area contributed by atoms with Crippen LogP contribution in [0.15, 0.2) is 52.4 Å². The summed E-state index contributed by atoms with van der Waals surface area (Å²) in [5, 5.41) is 4.03. The lowest BCUT2D eigenvalue weighted by atomic mass is 9.87. The number of allylic oxidation sites excluding steroid dienone is 1. The lowest BCUT2D eigenvalue weighted by molar-refractivity contribution is -0.115. The van der Waals surface area contributed by atoms with Crippen LogP contribution < -0.4 is 10.2 Å². The summed E-state index contributed by atoms with van der Waals surface area (Å²) in [7, 11) is 0. The number of likely N-dealkylation sites (N-methyl/N-ethyl adjacent to an activating group) is 1. The minimum absolute atomic E-state index is 0.0227. The molecule has 0 saturated carbocycles. The average molecular weight is 452 g/mol. The number of anilines is 1. The van der Waals surface area contributed by atoms with Crippen molar-refractivity contribution in [3.8, 4) is 0 Å². The smallest absolute Gasteiger partial charge is 0.264 e. The molecular weight excluding hydrogens is 426 g/mol. The molecule has 31 heavy (non-hydrogen) atoms. The van der Waals surface area contributed by atoms with Gasteiger partial charge in [-0.2, -0.15) is 0 Å². The van der Waals surface area contributed by atoms with Crippen LogP contribution in [-0.4, -0.2) is 23.2 Å². The van der Waals surface area contributed by atoms with Crippen molar-refractivity contribution in [2.45, 2.75) is 40.2 Å². The maximum atomic E-state index is 12.6. The third-order valence-electron chi connectivity index (χ3n) is 5.66. The Hall–Kier alpha value is -2.50. The third-order valence-corrected chi connectivity index (χ3v) is 6.80. The van der Waals surface area contributed by atoms with Gasteiger partial charge in [0.1, 0.15) is 0 Å². The highest BCUT2D eigenvalue weighted by Crippen LogP contribution is 2.41. The molecule has 2 heterocycles. The molecule has 0 unspecified atom stereocenters. The van der Waals surface area contributed by atoms with Gasteiger partial charge in [0.15, 0.2) is 5.17 Å². The van der Waals surface area contributed by atoms with Gasteiger partial charge in [-0.05, 0) is 99.5 Å². The van der Waals surface area contributed by atoms with Crippen LogP contribution >= 0.6 is 23.4 Å². The third kappa shape index (κ3) is 4.30. The van der Waals surface area contributed by atoms with Gasteiger partial charge < -0.3 is 10.2 Å². The first-order chi connectivity index (χ1) is 14.7. The van der Waals surface area contributed by atoms with Crippen LogP contribution in [0.3, 0.4) is 0 Å². The van der Waals surface area contributed by atoms with E-state index < -0.39 is 0 Å². The van der Waals surface area contributed by atoms with Crippen molar-refractivity contribution in [1.82, 2.24) is 5.32 Å². The molecule has 4 rings (SSSR count). The van der Waals surface area contributed by atoms with E-state index in [-0.39, 0.29) is 11.4 Å². The summed E-state index contributed by atoms with van der Waals surface area (Å²) in [5.74, 6) is -0.133. The standard InChI is InChI=1S/C25H26ClN3OS/c1-6-29-21-10-15(2)17(11-20(21)16(3)14-25(29,4)5)12-22-23(30)28-24(31-22)27-19-9-7-8-18(26)13-19/h7-14H,6H2,1-5H3,(H,27,28,30)/b22-12+. The SMILES string of the molecule is CCN1c2cc(C)c(/C=C3/SC(=Nc4cccc(Cl)c4)NC3=O)cc2C(C)=CC1(C)C. The lowest BCUT2D eigenvalue weighted by Gasteiger charge is -2.43. The van der Waals surface area contributed by atoms with Crippen LogP contribution in [-0.2, 0) is 4.79 Å². The highest BCUT2D eigenvalue weighted by molar-refractivity contribution is 8.18. The fraction of sp³-hybridized carbons (Fsp3) is 0.280. The largest absolute Gasteiger partial charge is 0.363 e. The predicted octanol–water partition coefficient (Wildman–Crippen LogP) is 6.56. The number of nitrogens with zero attached hydrogens (tertiary/aromatic N) is 2. The Bertz CT molecular complexity index is 1160. The van der Waals surface area contributed by atoms with Gasteiger partial charge in [-0.1, -0.05) is 23.7 Å². The molecule has 0 bridgehead atoms. The van der Waals surface area contributed by atoms with Crippen LogP contribution in [0, 0.1) is 6.92 Å². The summed E-state index contributed by atoms with van der Waals surface area (Å²) < 4.78 is 0. The molecule has 1 fully saturated rings. The summed E-state index contributed by atoms with van der Waals surface area (Å²) in [6.45, 7) is 11.9. The van der Waals surface area contributed by atoms with E-state index in [1.807, 2.05) is 18.2 Å². The number of aryl methyl sites for hydroxylation is 1. The molecule has 2 aromatic rings. The van der Waals surface area contributed by atoms with Crippen LogP contribution in [0.1, 0.15) is 44.4 Å². The van der Waals surface area contributed by atoms with Gasteiger partial charge in [0.05, 0.1) is 16.1 Å². The van der Waals surface area contributed by atoms with E-state index in [4.69, 9.17) is 11.6 Å². The number of hydrogen-bond donors (Lipinski definition) is 1. The average Bonchev–Trinajstić information content (AvgIpc) is 3.01. The molecule has 160 valence electrons. The molecule has 1 saturated heterocycles. The van der Waals surface area contributed by atoms with Crippen molar-refractivity contribution in [1.29, 1.82) is 0 Å². The summed E-state index contributed by atoms with van der Waals surface area (Å²) in [6, 6.07) is 11.7. The van der Waals surface area contributed by atoms with Crippen molar-refractivity contribution in [3.05, 3.63) is 69.1 Å². The number of aliphatic imine (C=N–C) groups is 1. The molecule has 4 nitrogen and oxygen atoms in total. The van der Waals surface area contributed by atoms with E-state index >= 15 is 0 Å². The minimum Gasteiger partial charge on any atom is -0.363 e.